The zero-order valence-electron chi connectivity index (χ0n) is 17.9. The summed E-state index contributed by atoms with van der Waals surface area (Å²) in [6, 6.07) is 16.8. The van der Waals surface area contributed by atoms with Crippen LogP contribution in [0.3, 0.4) is 0 Å². The van der Waals surface area contributed by atoms with Gasteiger partial charge >= 0.3 is 0 Å². The van der Waals surface area contributed by atoms with Gasteiger partial charge in [0.15, 0.2) is 5.72 Å². The Morgan fingerprint density at radius 1 is 1.00 bits per heavy atom. The van der Waals surface area contributed by atoms with E-state index in [9.17, 15) is 4.79 Å². The molecular formula is C26H22N4O2. The number of nitrogens with two attached hydrogens (primary N) is 1. The number of carbonyl (C=O) groups excluding carboxylic acids is 1. The molecule has 5 heterocycles. The van der Waals surface area contributed by atoms with Crippen molar-refractivity contribution >= 4 is 49.5 Å². The number of para-hydroxylation sites is 2. The molecule has 3 atom stereocenters. The first-order valence-corrected chi connectivity index (χ1v) is 11.2. The maximum atomic E-state index is 13.2. The third kappa shape index (κ3) is 1.60. The van der Waals surface area contributed by atoms with Gasteiger partial charge in [-0.25, -0.2) is 0 Å². The number of nitrogens with zero attached hydrogens (tertiary/aromatic N) is 2. The van der Waals surface area contributed by atoms with Gasteiger partial charge in [0.2, 0.25) is 0 Å². The van der Waals surface area contributed by atoms with Crippen LogP contribution in [0.1, 0.15) is 42.4 Å². The fourth-order valence-electron chi connectivity index (χ4n) is 6.67. The molecule has 2 aromatic heterocycles. The lowest BCUT2D eigenvalue weighted by atomic mass is 9.88. The Morgan fingerprint density at radius 2 is 1.69 bits per heavy atom. The van der Waals surface area contributed by atoms with Gasteiger partial charge in [-0.05, 0) is 31.5 Å². The molecule has 3 N–H and O–H groups in total. The van der Waals surface area contributed by atoms with Gasteiger partial charge < -0.3 is 24.9 Å². The number of hydrogen-bond acceptors (Lipinski definition) is 3. The van der Waals surface area contributed by atoms with Gasteiger partial charge in [0.05, 0.1) is 33.2 Å². The van der Waals surface area contributed by atoms with Crippen LogP contribution in [0.5, 0.6) is 0 Å². The topological polar surface area (TPSA) is 74.2 Å². The molecule has 0 saturated carbocycles. The molecule has 32 heavy (non-hydrogen) atoms. The van der Waals surface area contributed by atoms with Crippen LogP contribution < -0.4 is 11.1 Å². The molecule has 6 nitrogen and oxygen atoms in total. The average molecular weight is 422 g/mol. The fourth-order valence-corrected chi connectivity index (χ4v) is 6.67. The van der Waals surface area contributed by atoms with Crippen molar-refractivity contribution < 1.29 is 9.53 Å². The minimum Gasteiger partial charge on any atom is -0.348 e. The Kier molecular flexibility index (Phi) is 2.69. The first kappa shape index (κ1) is 17.2. The molecule has 6 heteroatoms. The quantitative estimate of drug-likeness (QED) is 0.387. The van der Waals surface area contributed by atoms with E-state index in [0.717, 1.165) is 54.7 Å². The Morgan fingerprint density at radius 3 is 2.47 bits per heavy atom. The smallest absolute Gasteiger partial charge is 0.252 e. The van der Waals surface area contributed by atoms with Crippen LogP contribution in [0.25, 0.3) is 43.6 Å². The van der Waals surface area contributed by atoms with Gasteiger partial charge in [-0.1, -0.05) is 36.4 Å². The zero-order chi connectivity index (χ0) is 21.6. The highest BCUT2D eigenvalue weighted by molar-refractivity contribution is 6.31. The molecule has 0 aliphatic carbocycles. The van der Waals surface area contributed by atoms with Gasteiger partial charge in [-0.2, -0.15) is 0 Å². The molecule has 2 bridgehead atoms. The summed E-state index contributed by atoms with van der Waals surface area (Å²) < 4.78 is 11.5. The summed E-state index contributed by atoms with van der Waals surface area (Å²) in [5.41, 5.74) is 12.0. The van der Waals surface area contributed by atoms with Crippen LogP contribution in [0.4, 0.5) is 0 Å². The summed E-state index contributed by atoms with van der Waals surface area (Å²) in [5.74, 6) is 0.00633. The van der Waals surface area contributed by atoms with E-state index in [0.29, 0.717) is 13.0 Å². The average Bonchev–Trinajstić information content (AvgIpc) is 3.45. The van der Waals surface area contributed by atoms with Crippen LogP contribution >= 0.6 is 0 Å². The van der Waals surface area contributed by atoms with Gasteiger partial charge in [-0.3, -0.25) is 4.79 Å². The number of ether oxygens (including phenoxy) is 1. The highest BCUT2D eigenvalue weighted by Crippen LogP contribution is 2.56. The molecule has 1 fully saturated rings. The number of amides is 1. The molecule has 158 valence electrons. The van der Waals surface area contributed by atoms with E-state index in [-0.39, 0.29) is 12.1 Å². The van der Waals surface area contributed by atoms with Crippen molar-refractivity contribution in [3.8, 4) is 0 Å². The SMILES string of the molecule is C[C@@]1(N)C[C@H]2O[C@]1(C)n1c3ccccc3c3c4c(c5c6ccccc6n2c5c31)C(=O)NC4. The minimum absolute atomic E-state index is 0.00633. The van der Waals surface area contributed by atoms with E-state index >= 15 is 0 Å². The molecule has 0 radical (unpaired) electrons. The van der Waals surface area contributed by atoms with Crippen molar-refractivity contribution in [1.82, 2.24) is 14.5 Å². The highest BCUT2D eigenvalue weighted by Gasteiger charge is 2.57. The fraction of sp³-hybridized carbons (Fsp3) is 0.269. The largest absolute Gasteiger partial charge is 0.348 e. The predicted molar refractivity (Wildman–Crippen MR) is 125 cm³/mol. The van der Waals surface area contributed by atoms with E-state index < -0.39 is 11.3 Å². The Bertz CT molecular complexity index is 1710. The number of nitrogens with one attached hydrogen (secondary N) is 1. The number of hydrogen-bond donors (Lipinski definition) is 2. The molecule has 1 saturated heterocycles. The van der Waals surface area contributed by atoms with Gasteiger partial charge in [0.25, 0.3) is 5.91 Å². The van der Waals surface area contributed by atoms with E-state index in [2.05, 4.69) is 70.8 Å². The van der Waals surface area contributed by atoms with Crippen molar-refractivity contribution in [2.45, 2.75) is 44.3 Å². The molecule has 8 rings (SSSR count). The molecule has 1 amide bonds. The third-order valence-corrected chi connectivity index (χ3v) is 8.25. The molecular weight excluding hydrogens is 400 g/mol. The van der Waals surface area contributed by atoms with Gasteiger partial charge in [-0.15, -0.1) is 0 Å². The van der Waals surface area contributed by atoms with Gasteiger partial charge in [0.1, 0.15) is 6.23 Å². The monoisotopic (exact) mass is 422 g/mol. The maximum Gasteiger partial charge on any atom is 0.252 e. The number of aromatic nitrogens is 2. The lowest BCUT2D eigenvalue weighted by molar-refractivity contribution is -0.120. The Balaban J connectivity index is 1.80. The maximum absolute atomic E-state index is 13.2. The standard InChI is InChI=1S/C26H22N4O2/c1-25(27)11-18-29-16-9-5-3-7-13(16)20-21-15(12-28-24(21)31)19-14-8-4-6-10-17(14)30(23(19)22(20)29)26(25,2)32-18/h3-10,18H,11-12,27H2,1-2H3,(H,28,31)/t18-,25-,26+/m1/s1. The number of fused-ring (bicyclic) bond motifs is 13. The van der Waals surface area contributed by atoms with E-state index in [1.54, 1.807) is 0 Å². The molecule has 0 unspecified atom stereocenters. The van der Waals surface area contributed by atoms with Crippen LogP contribution in [0, 0.1) is 0 Å². The second kappa shape index (κ2) is 5.00. The van der Waals surface area contributed by atoms with Crippen LogP contribution in [-0.2, 0) is 17.0 Å². The zero-order valence-corrected chi connectivity index (χ0v) is 17.9. The lowest BCUT2D eigenvalue weighted by Gasteiger charge is -2.38. The van der Waals surface area contributed by atoms with Crippen molar-refractivity contribution in [2.24, 2.45) is 5.73 Å². The first-order valence-electron chi connectivity index (χ1n) is 11.2. The Hall–Kier alpha value is -3.35. The summed E-state index contributed by atoms with van der Waals surface area (Å²) in [4.78, 5) is 13.2. The third-order valence-electron chi connectivity index (χ3n) is 8.25. The van der Waals surface area contributed by atoms with E-state index in [1.165, 1.54) is 0 Å². The minimum atomic E-state index is -0.726. The molecule has 5 aromatic rings. The van der Waals surface area contributed by atoms with Crippen molar-refractivity contribution in [2.75, 3.05) is 0 Å². The second-order valence-electron chi connectivity index (χ2n) is 9.90. The van der Waals surface area contributed by atoms with Crippen molar-refractivity contribution in [3.05, 3.63) is 59.7 Å². The molecule has 3 aromatic carbocycles. The van der Waals surface area contributed by atoms with E-state index in [1.807, 2.05) is 6.07 Å². The van der Waals surface area contributed by atoms with E-state index in [4.69, 9.17) is 10.5 Å². The van der Waals surface area contributed by atoms with Crippen molar-refractivity contribution in [3.63, 3.8) is 0 Å². The summed E-state index contributed by atoms with van der Waals surface area (Å²) in [5, 5.41) is 7.50. The normalized spacial score (nSPS) is 28.3. The predicted octanol–water partition coefficient (Wildman–Crippen LogP) is 4.47. The van der Waals surface area contributed by atoms with Crippen LogP contribution in [0.15, 0.2) is 48.5 Å². The lowest BCUT2D eigenvalue weighted by Crippen LogP contribution is -2.54. The molecule has 3 aliphatic heterocycles. The first-order chi connectivity index (χ1) is 15.4. The summed E-state index contributed by atoms with van der Waals surface area (Å²) >= 11 is 0. The van der Waals surface area contributed by atoms with Crippen LogP contribution in [0.2, 0.25) is 0 Å². The summed E-state index contributed by atoms with van der Waals surface area (Å²) in [6.07, 6.45) is 0.482. The summed E-state index contributed by atoms with van der Waals surface area (Å²) in [6.45, 7) is 4.75. The molecule has 0 spiro atoms. The van der Waals surface area contributed by atoms with Crippen LogP contribution in [-0.4, -0.2) is 20.6 Å². The number of rotatable bonds is 0. The van der Waals surface area contributed by atoms with Gasteiger partial charge in [0, 0.05) is 34.5 Å². The second-order valence-corrected chi connectivity index (χ2v) is 9.90. The highest BCUT2D eigenvalue weighted by atomic mass is 16.5. The summed E-state index contributed by atoms with van der Waals surface area (Å²) in [7, 11) is 0. The number of carbonyl (C=O) groups is 1. The Labute approximate surface area is 183 Å². The molecule has 3 aliphatic rings. The number of benzene rings is 3. The van der Waals surface area contributed by atoms with Crippen molar-refractivity contribution in [1.29, 1.82) is 0 Å².